The topological polar surface area (TPSA) is 61.6 Å². The molecule has 1 atom stereocenters. The molecule has 1 heterocycles. The Morgan fingerprint density at radius 1 is 1.04 bits per heavy atom. The second-order valence-corrected chi connectivity index (χ2v) is 7.72. The number of hydrogen-bond donors (Lipinski definition) is 2. The number of para-hydroxylation sites is 1. The fourth-order valence-electron chi connectivity index (χ4n) is 4.31. The molecule has 5 nitrogen and oxygen atoms in total. The van der Waals surface area contributed by atoms with Crippen LogP contribution in [0.2, 0.25) is 0 Å². The van der Waals surface area contributed by atoms with Crippen LogP contribution in [-0.2, 0) is 4.79 Å². The van der Waals surface area contributed by atoms with Gasteiger partial charge in [0.15, 0.2) is 0 Å². The summed E-state index contributed by atoms with van der Waals surface area (Å²) in [5.41, 5.74) is 7.23. The van der Waals surface area contributed by atoms with Crippen molar-refractivity contribution in [2.45, 2.75) is 44.6 Å². The zero-order valence-electron chi connectivity index (χ0n) is 16.7. The molecule has 1 saturated heterocycles. The Labute approximate surface area is 182 Å². The van der Waals surface area contributed by atoms with E-state index in [0.717, 1.165) is 32.7 Å². The number of halogens is 2. The highest BCUT2D eigenvalue weighted by Crippen LogP contribution is 2.26. The van der Waals surface area contributed by atoms with Crippen molar-refractivity contribution < 1.29 is 4.79 Å². The van der Waals surface area contributed by atoms with Gasteiger partial charge < -0.3 is 16.0 Å². The highest BCUT2D eigenvalue weighted by Gasteiger charge is 2.24. The number of amides is 1. The largest absolute Gasteiger partial charge is 0.369 e. The summed E-state index contributed by atoms with van der Waals surface area (Å²) in [5, 5.41) is 3.21. The highest BCUT2D eigenvalue weighted by atomic mass is 35.5. The molecular weight excluding hydrogens is 395 g/mol. The maximum Gasteiger partial charge on any atom is 0.221 e. The number of nitrogens with zero attached hydrogens (tertiary/aromatic N) is 2. The van der Waals surface area contributed by atoms with E-state index in [-0.39, 0.29) is 36.8 Å². The first-order valence-corrected chi connectivity index (χ1v) is 10.3. The monoisotopic (exact) mass is 430 g/mol. The van der Waals surface area contributed by atoms with E-state index < -0.39 is 0 Å². The lowest BCUT2D eigenvalue weighted by atomic mass is 9.84. The van der Waals surface area contributed by atoms with E-state index >= 15 is 0 Å². The van der Waals surface area contributed by atoms with Crippen molar-refractivity contribution in [3.63, 3.8) is 0 Å². The fraction of sp³-hybridized carbons (Fsp3) is 0.667. The van der Waals surface area contributed by atoms with Crippen LogP contribution in [0.5, 0.6) is 0 Å². The third-order valence-corrected chi connectivity index (χ3v) is 5.97. The van der Waals surface area contributed by atoms with Crippen LogP contribution in [0.25, 0.3) is 0 Å². The van der Waals surface area contributed by atoms with Crippen molar-refractivity contribution in [2.75, 3.05) is 44.2 Å². The predicted octanol–water partition coefficient (Wildman–Crippen LogP) is 3.07. The first-order chi connectivity index (χ1) is 12.8. The minimum Gasteiger partial charge on any atom is -0.369 e. The van der Waals surface area contributed by atoms with Crippen LogP contribution >= 0.6 is 24.8 Å². The van der Waals surface area contributed by atoms with Crippen LogP contribution in [-0.4, -0.2) is 56.1 Å². The number of hydrogen-bond acceptors (Lipinski definition) is 4. The van der Waals surface area contributed by atoms with Crippen LogP contribution < -0.4 is 16.0 Å². The second-order valence-electron chi connectivity index (χ2n) is 7.72. The van der Waals surface area contributed by atoms with Crippen molar-refractivity contribution in [2.24, 2.45) is 11.7 Å². The maximum atomic E-state index is 12.4. The molecule has 0 spiro atoms. The summed E-state index contributed by atoms with van der Waals surface area (Å²) in [6.07, 6.45) is 6.89. The molecule has 1 saturated carbocycles. The van der Waals surface area contributed by atoms with Gasteiger partial charge in [0.25, 0.3) is 0 Å². The zero-order valence-corrected chi connectivity index (χ0v) is 18.4. The zero-order chi connectivity index (χ0) is 18.2. The summed E-state index contributed by atoms with van der Waals surface area (Å²) in [7, 11) is 0. The Bertz CT molecular complexity index is 547. The number of piperazine rings is 1. The summed E-state index contributed by atoms with van der Waals surface area (Å²) in [4.78, 5) is 17.2. The van der Waals surface area contributed by atoms with Gasteiger partial charge in [-0.3, -0.25) is 9.69 Å². The number of nitrogens with one attached hydrogen (secondary N) is 1. The summed E-state index contributed by atoms with van der Waals surface area (Å²) in [6.45, 7) is 5.50. The number of rotatable bonds is 7. The number of nitrogens with two attached hydrogens (primary N) is 1. The Morgan fingerprint density at radius 3 is 2.29 bits per heavy atom. The molecule has 1 aliphatic heterocycles. The smallest absolute Gasteiger partial charge is 0.221 e. The SMILES string of the molecule is Cl.Cl.NCC(NC(=O)CCN1CCN(c2ccccc2)CC1)C1CCCCC1. The predicted molar refractivity (Wildman–Crippen MR) is 122 cm³/mol. The van der Waals surface area contributed by atoms with Gasteiger partial charge in [-0.2, -0.15) is 0 Å². The molecule has 160 valence electrons. The van der Waals surface area contributed by atoms with Gasteiger partial charge >= 0.3 is 0 Å². The van der Waals surface area contributed by atoms with Crippen molar-refractivity contribution in [3.05, 3.63) is 30.3 Å². The van der Waals surface area contributed by atoms with Crippen molar-refractivity contribution >= 4 is 36.4 Å². The summed E-state index contributed by atoms with van der Waals surface area (Å²) < 4.78 is 0. The molecule has 0 radical (unpaired) electrons. The summed E-state index contributed by atoms with van der Waals surface area (Å²) in [5.74, 6) is 0.739. The third kappa shape index (κ3) is 7.43. The van der Waals surface area contributed by atoms with E-state index in [0.29, 0.717) is 18.9 Å². The molecule has 1 aromatic rings. The van der Waals surface area contributed by atoms with E-state index in [4.69, 9.17) is 5.73 Å². The van der Waals surface area contributed by atoms with Crippen molar-refractivity contribution in [3.8, 4) is 0 Å². The normalized spacial score (nSPS) is 19.2. The molecule has 0 aromatic heterocycles. The number of carbonyl (C=O) groups is 1. The Balaban J connectivity index is 0.00000196. The van der Waals surface area contributed by atoms with Crippen LogP contribution in [0.1, 0.15) is 38.5 Å². The molecule has 3 N–H and O–H groups in total. The quantitative estimate of drug-likeness (QED) is 0.697. The van der Waals surface area contributed by atoms with Gasteiger partial charge in [-0.05, 0) is 30.9 Å². The molecule has 2 aliphatic rings. The van der Waals surface area contributed by atoms with Crippen LogP contribution in [0.4, 0.5) is 5.69 Å². The molecule has 28 heavy (non-hydrogen) atoms. The lowest BCUT2D eigenvalue weighted by Crippen LogP contribution is -2.49. The van der Waals surface area contributed by atoms with Gasteiger partial charge in [-0.1, -0.05) is 37.5 Å². The molecule has 1 aliphatic carbocycles. The molecule has 1 unspecified atom stereocenters. The lowest BCUT2D eigenvalue weighted by Gasteiger charge is -2.36. The van der Waals surface area contributed by atoms with E-state index in [2.05, 4.69) is 45.4 Å². The summed E-state index contributed by atoms with van der Waals surface area (Å²) in [6, 6.07) is 10.7. The highest BCUT2D eigenvalue weighted by molar-refractivity contribution is 5.85. The van der Waals surface area contributed by atoms with Gasteiger partial charge in [0.2, 0.25) is 5.91 Å². The van der Waals surface area contributed by atoms with E-state index in [1.807, 2.05) is 0 Å². The van der Waals surface area contributed by atoms with Gasteiger partial charge in [-0.25, -0.2) is 0 Å². The average molecular weight is 431 g/mol. The van der Waals surface area contributed by atoms with Crippen LogP contribution in [0.3, 0.4) is 0 Å². The standard InChI is InChI=1S/C21H34N4O.2ClH/c22-17-20(18-7-3-1-4-8-18)23-21(26)11-12-24-13-15-25(16-14-24)19-9-5-2-6-10-19;;/h2,5-6,9-10,18,20H,1,3-4,7-8,11-17,22H2,(H,23,26);2*1H. The molecule has 7 heteroatoms. The third-order valence-electron chi connectivity index (χ3n) is 5.97. The molecule has 3 rings (SSSR count). The molecule has 1 aromatic carbocycles. The molecule has 1 amide bonds. The van der Waals surface area contributed by atoms with Gasteiger partial charge in [0, 0.05) is 57.4 Å². The molecule has 0 bridgehead atoms. The maximum absolute atomic E-state index is 12.4. The summed E-state index contributed by atoms with van der Waals surface area (Å²) >= 11 is 0. The second kappa shape index (κ2) is 13.3. The number of carbonyl (C=O) groups excluding carboxylic acids is 1. The van der Waals surface area contributed by atoms with Crippen molar-refractivity contribution in [1.82, 2.24) is 10.2 Å². The molecule has 2 fully saturated rings. The average Bonchev–Trinajstić information content (AvgIpc) is 2.72. The minimum atomic E-state index is 0. The Morgan fingerprint density at radius 2 is 1.68 bits per heavy atom. The van der Waals surface area contributed by atoms with E-state index in [1.165, 1.54) is 37.8 Å². The first kappa shape index (κ1) is 25.0. The lowest BCUT2D eigenvalue weighted by molar-refractivity contribution is -0.122. The van der Waals surface area contributed by atoms with Crippen LogP contribution in [0.15, 0.2) is 30.3 Å². The molecular formula is C21H36Cl2N4O. The number of benzene rings is 1. The minimum absolute atomic E-state index is 0. The fourth-order valence-corrected chi connectivity index (χ4v) is 4.31. The van der Waals surface area contributed by atoms with Gasteiger partial charge in [0.1, 0.15) is 0 Å². The van der Waals surface area contributed by atoms with E-state index in [1.54, 1.807) is 0 Å². The number of anilines is 1. The van der Waals surface area contributed by atoms with Gasteiger partial charge in [0.05, 0.1) is 0 Å². The van der Waals surface area contributed by atoms with Crippen molar-refractivity contribution in [1.29, 1.82) is 0 Å². The first-order valence-electron chi connectivity index (χ1n) is 10.3. The Kier molecular flexibility index (Phi) is 11.8. The Hall–Kier alpha value is -1.01. The van der Waals surface area contributed by atoms with Gasteiger partial charge in [-0.15, -0.1) is 24.8 Å². The van der Waals surface area contributed by atoms with E-state index in [9.17, 15) is 4.79 Å². The van der Waals surface area contributed by atoms with Crippen LogP contribution in [0, 0.1) is 5.92 Å².